The average molecular weight is 253 g/mol. The number of nitriles is 1. The standard InChI is InChI=1S/C16H19N3/c1-10(2)12-5-7-13(8-6-12)16-14(9-17)15(11(3)4)18-19-16/h5-8,10-11H,1-4H3,(H,18,19). The molecule has 2 aromatic rings. The van der Waals surface area contributed by atoms with E-state index in [0.29, 0.717) is 11.5 Å². The number of nitrogens with one attached hydrogen (secondary N) is 1. The second-order valence-corrected chi connectivity index (χ2v) is 5.40. The van der Waals surface area contributed by atoms with E-state index in [1.54, 1.807) is 0 Å². The third-order valence-electron chi connectivity index (χ3n) is 3.33. The molecule has 2 rings (SSSR count). The van der Waals surface area contributed by atoms with Crippen molar-refractivity contribution in [3.63, 3.8) is 0 Å². The molecular formula is C16H19N3. The second kappa shape index (κ2) is 5.27. The molecular weight excluding hydrogens is 234 g/mol. The molecule has 3 heteroatoms. The summed E-state index contributed by atoms with van der Waals surface area (Å²) in [6, 6.07) is 10.5. The molecule has 0 saturated carbocycles. The first-order valence-electron chi connectivity index (χ1n) is 6.63. The Morgan fingerprint density at radius 3 is 2.16 bits per heavy atom. The predicted octanol–water partition coefficient (Wildman–Crippen LogP) is 4.20. The van der Waals surface area contributed by atoms with Gasteiger partial charge in [0, 0.05) is 5.56 Å². The van der Waals surface area contributed by atoms with Crippen LogP contribution in [0.25, 0.3) is 11.3 Å². The van der Waals surface area contributed by atoms with Crippen LogP contribution in [0.15, 0.2) is 24.3 Å². The van der Waals surface area contributed by atoms with Crippen molar-refractivity contribution in [3.05, 3.63) is 41.1 Å². The first-order valence-corrected chi connectivity index (χ1v) is 6.63. The number of rotatable bonds is 3. The number of hydrogen-bond acceptors (Lipinski definition) is 2. The summed E-state index contributed by atoms with van der Waals surface area (Å²) in [5.74, 6) is 0.778. The highest BCUT2D eigenvalue weighted by Gasteiger charge is 2.16. The average Bonchev–Trinajstić information content (AvgIpc) is 2.82. The van der Waals surface area contributed by atoms with Crippen LogP contribution < -0.4 is 0 Å². The molecule has 0 aliphatic rings. The van der Waals surface area contributed by atoms with Crippen LogP contribution in [-0.4, -0.2) is 10.2 Å². The molecule has 0 bridgehead atoms. The van der Waals surface area contributed by atoms with Gasteiger partial charge in [0.25, 0.3) is 0 Å². The van der Waals surface area contributed by atoms with E-state index in [0.717, 1.165) is 17.0 Å². The number of aromatic nitrogens is 2. The van der Waals surface area contributed by atoms with E-state index in [1.165, 1.54) is 5.56 Å². The maximum absolute atomic E-state index is 9.33. The van der Waals surface area contributed by atoms with Crippen molar-refractivity contribution in [1.29, 1.82) is 5.26 Å². The van der Waals surface area contributed by atoms with Gasteiger partial charge in [-0.15, -0.1) is 0 Å². The molecule has 0 spiro atoms. The molecule has 1 aromatic carbocycles. The molecule has 0 fully saturated rings. The fourth-order valence-electron chi connectivity index (χ4n) is 2.12. The molecule has 1 aromatic heterocycles. The Bertz CT molecular complexity index is 598. The fraction of sp³-hybridized carbons (Fsp3) is 0.375. The van der Waals surface area contributed by atoms with Gasteiger partial charge in [-0.2, -0.15) is 10.4 Å². The smallest absolute Gasteiger partial charge is 0.110 e. The third-order valence-corrected chi connectivity index (χ3v) is 3.33. The Balaban J connectivity index is 2.45. The van der Waals surface area contributed by atoms with Crippen LogP contribution in [0.3, 0.4) is 0 Å². The molecule has 98 valence electrons. The Morgan fingerprint density at radius 2 is 1.68 bits per heavy atom. The van der Waals surface area contributed by atoms with Crippen molar-refractivity contribution in [2.24, 2.45) is 0 Å². The van der Waals surface area contributed by atoms with Gasteiger partial charge in [0.1, 0.15) is 17.3 Å². The summed E-state index contributed by atoms with van der Waals surface area (Å²) in [4.78, 5) is 0. The van der Waals surface area contributed by atoms with Crippen LogP contribution in [0.2, 0.25) is 0 Å². The summed E-state index contributed by atoms with van der Waals surface area (Å²) < 4.78 is 0. The molecule has 0 atom stereocenters. The minimum Gasteiger partial charge on any atom is -0.280 e. The fourth-order valence-corrected chi connectivity index (χ4v) is 2.12. The lowest BCUT2D eigenvalue weighted by atomic mass is 9.98. The van der Waals surface area contributed by atoms with Gasteiger partial charge in [-0.25, -0.2) is 0 Å². The third kappa shape index (κ3) is 2.53. The topological polar surface area (TPSA) is 52.5 Å². The highest BCUT2D eigenvalue weighted by Crippen LogP contribution is 2.28. The van der Waals surface area contributed by atoms with E-state index < -0.39 is 0 Å². The summed E-state index contributed by atoms with van der Waals surface area (Å²) in [7, 11) is 0. The van der Waals surface area contributed by atoms with Crippen molar-refractivity contribution in [3.8, 4) is 17.3 Å². The minimum atomic E-state index is 0.269. The number of hydrogen-bond donors (Lipinski definition) is 1. The van der Waals surface area contributed by atoms with E-state index in [-0.39, 0.29) is 5.92 Å². The van der Waals surface area contributed by atoms with Crippen molar-refractivity contribution in [2.75, 3.05) is 0 Å². The van der Waals surface area contributed by atoms with E-state index in [2.05, 4.69) is 56.1 Å². The van der Waals surface area contributed by atoms with Gasteiger partial charge in [0.05, 0.1) is 5.69 Å². The Morgan fingerprint density at radius 1 is 1.05 bits per heavy atom. The maximum Gasteiger partial charge on any atom is 0.110 e. The van der Waals surface area contributed by atoms with Crippen LogP contribution >= 0.6 is 0 Å². The summed E-state index contributed by atoms with van der Waals surface area (Å²) in [6.45, 7) is 8.45. The Hall–Kier alpha value is -2.08. The summed E-state index contributed by atoms with van der Waals surface area (Å²) in [5.41, 5.74) is 4.60. The summed E-state index contributed by atoms with van der Waals surface area (Å²) >= 11 is 0. The van der Waals surface area contributed by atoms with Crippen molar-refractivity contribution >= 4 is 0 Å². The van der Waals surface area contributed by atoms with Gasteiger partial charge in [-0.1, -0.05) is 52.0 Å². The van der Waals surface area contributed by atoms with E-state index in [9.17, 15) is 5.26 Å². The molecule has 19 heavy (non-hydrogen) atoms. The van der Waals surface area contributed by atoms with Crippen LogP contribution in [0.1, 0.15) is 56.4 Å². The molecule has 3 nitrogen and oxygen atoms in total. The molecule has 0 saturated heterocycles. The maximum atomic E-state index is 9.33. The van der Waals surface area contributed by atoms with Gasteiger partial charge in [0.2, 0.25) is 0 Å². The lowest BCUT2D eigenvalue weighted by Gasteiger charge is -2.06. The zero-order valence-corrected chi connectivity index (χ0v) is 11.9. The second-order valence-electron chi connectivity index (χ2n) is 5.40. The first kappa shape index (κ1) is 13.4. The predicted molar refractivity (Wildman–Crippen MR) is 76.9 cm³/mol. The zero-order chi connectivity index (χ0) is 14.0. The van der Waals surface area contributed by atoms with E-state index in [1.807, 2.05) is 12.1 Å². The normalized spacial score (nSPS) is 11.0. The van der Waals surface area contributed by atoms with Crippen LogP contribution in [-0.2, 0) is 0 Å². The molecule has 0 unspecified atom stereocenters. The van der Waals surface area contributed by atoms with Gasteiger partial charge in [0.15, 0.2) is 0 Å². The number of benzene rings is 1. The number of aromatic amines is 1. The zero-order valence-electron chi connectivity index (χ0n) is 11.9. The highest BCUT2D eigenvalue weighted by atomic mass is 15.1. The lowest BCUT2D eigenvalue weighted by Crippen LogP contribution is -1.91. The molecule has 1 heterocycles. The SMILES string of the molecule is CC(C)c1ccc(-c2n[nH]c(C(C)C)c2C#N)cc1. The van der Waals surface area contributed by atoms with Gasteiger partial charge in [-0.3, -0.25) is 5.10 Å². The van der Waals surface area contributed by atoms with Gasteiger partial charge >= 0.3 is 0 Å². The molecule has 0 radical (unpaired) electrons. The van der Waals surface area contributed by atoms with Crippen molar-refractivity contribution in [1.82, 2.24) is 10.2 Å². The highest BCUT2D eigenvalue weighted by molar-refractivity contribution is 5.68. The Labute approximate surface area is 114 Å². The van der Waals surface area contributed by atoms with Gasteiger partial charge in [-0.05, 0) is 17.4 Å². The number of nitrogens with zero attached hydrogens (tertiary/aromatic N) is 2. The molecule has 0 amide bonds. The quantitative estimate of drug-likeness (QED) is 0.891. The van der Waals surface area contributed by atoms with Crippen molar-refractivity contribution in [2.45, 2.75) is 39.5 Å². The van der Waals surface area contributed by atoms with Crippen LogP contribution in [0, 0.1) is 11.3 Å². The Kier molecular flexibility index (Phi) is 3.71. The largest absolute Gasteiger partial charge is 0.280 e. The summed E-state index contributed by atoms with van der Waals surface area (Å²) in [6.07, 6.45) is 0. The van der Waals surface area contributed by atoms with Crippen molar-refractivity contribution < 1.29 is 0 Å². The first-order chi connectivity index (χ1) is 9.04. The minimum absolute atomic E-state index is 0.269. The monoisotopic (exact) mass is 253 g/mol. The number of H-pyrrole nitrogens is 1. The molecule has 1 N–H and O–H groups in total. The molecule has 0 aliphatic heterocycles. The molecule has 0 aliphatic carbocycles. The van der Waals surface area contributed by atoms with E-state index in [4.69, 9.17) is 0 Å². The van der Waals surface area contributed by atoms with Gasteiger partial charge < -0.3 is 0 Å². The van der Waals surface area contributed by atoms with Crippen LogP contribution in [0.5, 0.6) is 0 Å². The van der Waals surface area contributed by atoms with Crippen LogP contribution in [0.4, 0.5) is 0 Å². The summed E-state index contributed by atoms with van der Waals surface area (Å²) in [5, 5.41) is 16.6. The van der Waals surface area contributed by atoms with E-state index >= 15 is 0 Å². The lowest BCUT2D eigenvalue weighted by molar-refractivity contribution is 0.808.